The fourth-order valence-corrected chi connectivity index (χ4v) is 1.65. The van der Waals surface area contributed by atoms with E-state index in [1.54, 1.807) is 0 Å². The summed E-state index contributed by atoms with van der Waals surface area (Å²) in [5, 5.41) is 0. The number of nitrogens with zero attached hydrogens (tertiary/aromatic N) is 1. The molecule has 0 saturated carbocycles. The minimum atomic E-state index is 0.688. The van der Waals surface area contributed by atoms with Gasteiger partial charge < -0.3 is 0 Å². The Kier molecular flexibility index (Phi) is 2.74. The Morgan fingerprint density at radius 2 is 1.44 bits per heavy atom. The Morgan fingerprint density at radius 1 is 0.812 bits per heavy atom. The highest BCUT2D eigenvalue weighted by atomic mass is 14.6. The lowest BCUT2D eigenvalue weighted by atomic mass is 10.0. The Balaban J connectivity index is 2.43. The maximum atomic E-state index is 6.91. The van der Waals surface area contributed by atoms with E-state index in [2.05, 4.69) is 36.9 Å². The van der Waals surface area contributed by atoms with Crippen LogP contribution in [0.1, 0.15) is 11.1 Å². The lowest BCUT2D eigenvalue weighted by Gasteiger charge is -2.05. The van der Waals surface area contributed by atoms with Crippen molar-refractivity contribution in [1.29, 1.82) is 0 Å². The second kappa shape index (κ2) is 4.20. The molecule has 0 bridgehead atoms. The van der Waals surface area contributed by atoms with E-state index in [0.29, 0.717) is 5.69 Å². The van der Waals surface area contributed by atoms with Crippen LogP contribution < -0.4 is 0 Å². The maximum absolute atomic E-state index is 6.91. The molecule has 0 fully saturated rings. The van der Waals surface area contributed by atoms with Crippen LogP contribution in [0.4, 0.5) is 5.69 Å². The highest BCUT2D eigenvalue weighted by Gasteiger charge is 1.99. The fraction of sp³-hybridized carbons (Fsp3) is 0.133. The highest BCUT2D eigenvalue weighted by Crippen LogP contribution is 2.24. The molecular weight excluding hydrogens is 194 g/mol. The van der Waals surface area contributed by atoms with Crippen LogP contribution >= 0.6 is 0 Å². The molecule has 2 rings (SSSR count). The topological polar surface area (TPSA) is 4.36 Å². The molecule has 0 aliphatic rings. The Hall–Kier alpha value is -2.07. The molecule has 0 saturated heterocycles. The van der Waals surface area contributed by atoms with Crippen LogP contribution in [0.2, 0.25) is 0 Å². The lowest BCUT2D eigenvalue weighted by molar-refractivity contribution is 1.34. The van der Waals surface area contributed by atoms with Gasteiger partial charge in [-0.15, -0.1) is 0 Å². The summed E-state index contributed by atoms with van der Waals surface area (Å²) in [5.74, 6) is 0. The molecule has 0 aliphatic carbocycles. The quantitative estimate of drug-likeness (QED) is 0.605. The largest absolute Gasteiger partial charge is 0.238 e. The minimum Gasteiger partial charge on any atom is -0.238 e. The zero-order valence-corrected chi connectivity index (χ0v) is 9.49. The molecule has 0 aromatic heterocycles. The molecule has 0 aliphatic heterocycles. The van der Waals surface area contributed by atoms with Crippen molar-refractivity contribution < 1.29 is 0 Å². The Labute approximate surface area is 96.2 Å². The van der Waals surface area contributed by atoms with Crippen LogP contribution in [0, 0.1) is 20.4 Å². The van der Waals surface area contributed by atoms with Crippen LogP contribution in [0.15, 0.2) is 42.5 Å². The van der Waals surface area contributed by atoms with E-state index in [-0.39, 0.29) is 0 Å². The van der Waals surface area contributed by atoms with Gasteiger partial charge in [-0.1, -0.05) is 42.5 Å². The first-order chi connectivity index (χ1) is 7.70. The first-order valence-electron chi connectivity index (χ1n) is 5.26. The normalized spacial score (nSPS) is 9.81. The van der Waals surface area contributed by atoms with E-state index in [1.165, 1.54) is 16.7 Å². The minimum absolute atomic E-state index is 0.688. The molecule has 2 aromatic carbocycles. The van der Waals surface area contributed by atoms with Gasteiger partial charge in [0.25, 0.3) is 0 Å². The third-order valence-corrected chi connectivity index (χ3v) is 2.84. The van der Waals surface area contributed by atoms with E-state index >= 15 is 0 Å². The van der Waals surface area contributed by atoms with Gasteiger partial charge in [0.2, 0.25) is 0 Å². The summed E-state index contributed by atoms with van der Waals surface area (Å²) in [4.78, 5) is 3.39. The van der Waals surface area contributed by atoms with E-state index < -0.39 is 0 Å². The molecule has 1 nitrogen and oxygen atoms in total. The van der Waals surface area contributed by atoms with E-state index in [1.807, 2.05) is 24.3 Å². The van der Waals surface area contributed by atoms with Gasteiger partial charge in [-0.05, 0) is 36.1 Å². The van der Waals surface area contributed by atoms with Gasteiger partial charge in [-0.2, -0.15) is 0 Å². The molecular formula is C15H13N. The van der Waals surface area contributed by atoms with E-state index in [9.17, 15) is 0 Å². The average molecular weight is 207 g/mol. The number of benzene rings is 2. The molecule has 0 unspecified atom stereocenters. The van der Waals surface area contributed by atoms with Crippen molar-refractivity contribution in [2.75, 3.05) is 0 Å². The summed E-state index contributed by atoms with van der Waals surface area (Å²) < 4.78 is 0. The van der Waals surface area contributed by atoms with Crippen LogP contribution in [-0.4, -0.2) is 0 Å². The van der Waals surface area contributed by atoms with Crippen molar-refractivity contribution in [3.63, 3.8) is 0 Å². The van der Waals surface area contributed by atoms with Crippen molar-refractivity contribution in [3.8, 4) is 11.1 Å². The summed E-state index contributed by atoms with van der Waals surface area (Å²) >= 11 is 0. The molecule has 0 N–H and O–H groups in total. The van der Waals surface area contributed by atoms with E-state index in [0.717, 1.165) is 5.56 Å². The van der Waals surface area contributed by atoms with Gasteiger partial charge in [0.1, 0.15) is 0 Å². The van der Waals surface area contributed by atoms with Crippen molar-refractivity contribution in [1.82, 2.24) is 0 Å². The van der Waals surface area contributed by atoms with Crippen molar-refractivity contribution in [3.05, 3.63) is 65.0 Å². The molecule has 1 heteroatoms. The fourth-order valence-electron chi connectivity index (χ4n) is 1.65. The summed E-state index contributed by atoms with van der Waals surface area (Å²) in [5.41, 5.74) is 5.66. The molecule has 0 heterocycles. The summed E-state index contributed by atoms with van der Waals surface area (Å²) in [7, 11) is 0. The lowest BCUT2D eigenvalue weighted by Crippen LogP contribution is -1.82. The van der Waals surface area contributed by atoms with Crippen LogP contribution in [0.25, 0.3) is 16.0 Å². The molecule has 16 heavy (non-hydrogen) atoms. The first-order valence-corrected chi connectivity index (χ1v) is 5.26. The second-order valence-corrected chi connectivity index (χ2v) is 3.96. The van der Waals surface area contributed by atoms with Gasteiger partial charge in [-0.25, -0.2) is 4.85 Å². The highest BCUT2D eigenvalue weighted by molar-refractivity contribution is 5.67. The average Bonchev–Trinajstić information content (AvgIpc) is 2.33. The molecule has 0 spiro atoms. The van der Waals surface area contributed by atoms with Gasteiger partial charge >= 0.3 is 0 Å². The first kappa shape index (κ1) is 10.4. The predicted octanol–water partition coefficient (Wildman–Crippen LogP) is 4.52. The Morgan fingerprint density at radius 3 is 2.00 bits per heavy atom. The standard InChI is InChI=1S/C15H13N/c1-11-4-5-14(10-12(11)2)13-6-8-15(16-3)9-7-13/h4-10H,1-2H3. The molecule has 0 radical (unpaired) electrons. The summed E-state index contributed by atoms with van der Waals surface area (Å²) in [6.45, 7) is 11.1. The van der Waals surface area contributed by atoms with Gasteiger partial charge in [0.05, 0.1) is 6.57 Å². The molecule has 2 aromatic rings. The zero-order chi connectivity index (χ0) is 11.5. The third kappa shape index (κ3) is 1.97. The number of rotatable bonds is 1. The number of hydrogen-bond acceptors (Lipinski definition) is 0. The van der Waals surface area contributed by atoms with Gasteiger partial charge in [-0.3, -0.25) is 0 Å². The SMILES string of the molecule is [C-]#[N+]c1ccc(-c2ccc(C)c(C)c2)cc1. The van der Waals surface area contributed by atoms with Crippen LogP contribution in [0.3, 0.4) is 0 Å². The van der Waals surface area contributed by atoms with Gasteiger partial charge in [0.15, 0.2) is 5.69 Å². The van der Waals surface area contributed by atoms with Gasteiger partial charge in [0, 0.05) is 0 Å². The van der Waals surface area contributed by atoms with Crippen molar-refractivity contribution in [2.45, 2.75) is 13.8 Å². The van der Waals surface area contributed by atoms with E-state index in [4.69, 9.17) is 6.57 Å². The van der Waals surface area contributed by atoms with Crippen LogP contribution in [-0.2, 0) is 0 Å². The monoisotopic (exact) mass is 207 g/mol. The molecule has 0 atom stereocenters. The zero-order valence-electron chi connectivity index (χ0n) is 9.49. The molecule has 0 amide bonds. The van der Waals surface area contributed by atoms with Crippen molar-refractivity contribution in [2.24, 2.45) is 0 Å². The Bertz CT molecular complexity index is 545. The van der Waals surface area contributed by atoms with Crippen molar-refractivity contribution >= 4 is 5.69 Å². The number of hydrogen-bond donors (Lipinski definition) is 0. The maximum Gasteiger partial charge on any atom is 0.187 e. The summed E-state index contributed by atoms with van der Waals surface area (Å²) in [6.07, 6.45) is 0. The second-order valence-electron chi connectivity index (χ2n) is 3.96. The summed E-state index contributed by atoms with van der Waals surface area (Å²) in [6, 6.07) is 14.1. The van der Waals surface area contributed by atoms with Crippen LogP contribution in [0.5, 0.6) is 0 Å². The molecule has 78 valence electrons. The predicted molar refractivity (Wildman–Crippen MR) is 67.6 cm³/mol. The smallest absolute Gasteiger partial charge is 0.187 e. The number of aryl methyl sites for hydroxylation is 2. The third-order valence-electron chi connectivity index (χ3n) is 2.84.